The molecule has 0 bridgehead atoms. The van der Waals surface area contributed by atoms with Gasteiger partial charge in [0.1, 0.15) is 12.4 Å². The van der Waals surface area contributed by atoms with Crippen LogP contribution in [0.15, 0.2) is 35.1 Å². The van der Waals surface area contributed by atoms with E-state index < -0.39 is 0 Å². The lowest BCUT2D eigenvalue weighted by Gasteiger charge is -2.10. The molecular weight excluding hydrogens is 340 g/mol. The Kier molecular flexibility index (Phi) is 3.85. The summed E-state index contributed by atoms with van der Waals surface area (Å²) < 4.78 is 3.02. The first kappa shape index (κ1) is 16.3. The molecule has 2 heterocycles. The monoisotopic (exact) mass is 362 g/mol. The van der Waals surface area contributed by atoms with E-state index in [9.17, 15) is 9.59 Å². The van der Waals surface area contributed by atoms with Gasteiger partial charge in [0.25, 0.3) is 0 Å². The molecule has 1 aromatic heterocycles. The Morgan fingerprint density at radius 2 is 1.89 bits per heavy atom. The van der Waals surface area contributed by atoms with Gasteiger partial charge in [-0.05, 0) is 48.3 Å². The molecule has 2 aromatic carbocycles. The molecule has 6 heteroatoms. The van der Waals surface area contributed by atoms with Crippen molar-refractivity contribution in [1.82, 2.24) is 14.3 Å². The second kappa shape index (κ2) is 6.37. The number of benzene rings is 2. The van der Waals surface area contributed by atoms with Gasteiger partial charge in [-0.15, -0.1) is 0 Å². The second-order valence-corrected chi connectivity index (χ2v) is 7.48. The Bertz CT molecular complexity index is 1100. The number of rotatable bonds is 3. The number of anilines is 1. The number of fused-ring (bicyclic) bond motifs is 1. The number of hydrogen-bond acceptors (Lipinski definition) is 3. The molecule has 1 N–H and O–H groups in total. The summed E-state index contributed by atoms with van der Waals surface area (Å²) in [5.41, 5.74) is 3.30. The van der Waals surface area contributed by atoms with Crippen molar-refractivity contribution >= 4 is 22.4 Å². The van der Waals surface area contributed by atoms with Gasteiger partial charge in [-0.25, -0.2) is 9.48 Å². The van der Waals surface area contributed by atoms with Gasteiger partial charge in [-0.2, -0.15) is 5.10 Å². The van der Waals surface area contributed by atoms with Crippen LogP contribution in [0.25, 0.3) is 10.8 Å². The maximum atomic E-state index is 12.6. The average molecular weight is 362 g/mol. The highest BCUT2D eigenvalue weighted by molar-refractivity contribution is 6.05. The predicted octanol–water partition coefficient (Wildman–Crippen LogP) is 2.66. The van der Waals surface area contributed by atoms with E-state index in [2.05, 4.69) is 22.5 Å². The zero-order valence-electron chi connectivity index (χ0n) is 15.2. The number of carbonyl (C=O) groups is 1. The molecule has 6 nitrogen and oxygen atoms in total. The molecule has 1 aliphatic heterocycles. The Morgan fingerprint density at radius 3 is 2.78 bits per heavy atom. The molecule has 0 atom stereocenters. The Balaban J connectivity index is 1.41. The molecule has 0 unspecified atom stereocenters. The largest absolute Gasteiger partial charge is 0.346 e. The third kappa shape index (κ3) is 2.76. The quantitative estimate of drug-likeness (QED) is 0.779. The lowest BCUT2D eigenvalue weighted by molar-refractivity contribution is -0.117. The predicted molar refractivity (Wildman–Crippen MR) is 104 cm³/mol. The van der Waals surface area contributed by atoms with E-state index in [0.29, 0.717) is 6.54 Å². The fourth-order valence-corrected chi connectivity index (χ4v) is 4.41. The van der Waals surface area contributed by atoms with Crippen LogP contribution in [0.4, 0.5) is 5.69 Å². The van der Waals surface area contributed by atoms with Crippen molar-refractivity contribution in [2.45, 2.75) is 51.6 Å². The van der Waals surface area contributed by atoms with E-state index in [-0.39, 0.29) is 18.1 Å². The van der Waals surface area contributed by atoms with Crippen LogP contribution in [0.2, 0.25) is 0 Å². The van der Waals surface area contributed by atoms with Crippen LogP contribution in [0.1, 0.15) is 36.2 Å². The molecule has 0 fully saturated rings. The summed E-state index contributed by atoms with van der Waals surface area (Å²) >= 11 is 0. The zero-order valence-corrected chi connectivity index (χ0v) is 15.2. The lowest BCUT2D eigenvalue weighted by Crippen LogP contribution is -2.30. The number of hydrogen-bond donors (Lipinski definition) is 1. The van der Waals surface area contributed by atoms with Crippen LogP contribution < -0.4 is 11.0 Å². The number of nitrogens with zero attached hydrogens (tertiary/aromatic N) is 3. The van der Waals surface area contributed by atoms with Crippen LogP contribution in [-0.2, 0) is 37.1 Å². The summed E-state index contributed by atoms with van der Waals surface area (Å²) in [4.78, 5) is 25.2. The van der Waals surface area contributed by atoms with Gasteiger partial charge in [-0.3, -0.25) is 9.36 Å². The van der Waals surface area contributed by atoms with Gasteiger partial charge < -0.3 is 5.32 Å². The zero-order chi connectivity index (χ0) is 18.4. The smallest absolute Gasteiger partial charge is 0.324 e. The standard InChI is InChI=1S/C21H22N4O2/c26-19(13-25-21(27)24-12-3-1-2-7-18(24)23-25)22-17-11-10-15-9-8-14-5-4-6-16(17)20(14)15/h4-6,10-11H,1-3,7-9,12-13H2,(H,22,26). The highest BCUT2D eigenvalue weighted by Gasteiger charge is 2.19. The van der Waals surface area contributed by atoms with E-state index in [4.69, 9.17) is 0 Å². The van der Waals surface area contributed by atoms with E-state index in [1.54, 1.807) is 4.57 Å². The van der Waals surface area contributed by atoms with Crippen molar-refractivity contribution < 1.29 is 4.79 Å². The van der Waals surface area contributed by atoms with E-state index in [0.717, 1.165) is 55.4 Å². The molecule has 0 radical (unpaired) electrons. The summed E-state index contributed by atoms with van der Waals surface area (Å²) in [7, 11) is 0. The third-order valence-corrected chi connectivity index (χ3v) is 5.73. The van der Waals surface area contributed by atoms with Crippen LogP contribution in [0.5, 0.6) is 0 Å². The fourth-order valence-electron chi connectivity index (χ4n) is 4.41. The SMILES string of the molecule is O=C(Cn1nc2n(c1=O)CCCCC2)Nc1ccc2c3c(cccc13)CC2. The minimum Gasteiger partial charge on any atom is -0.324 e. The van der Waals surface area contributed by atoms with E-state index >= 15 is 0 Å². The number of aromatic nitrogens is 3. The molecular formula is C21H22N4O2. The molecule has 1 aliphatic carbocycles. The van der Waals surface area contributed by atoms with Crippen molar-refractivity contribution in [3.8, 4) is 0 Å². The Hall–Kier alpha value is -2.89. The average Bonchev–Trinajstić information content (AvgIpc) is 3.11. The van der Waals surface area contributed by atoms with Crippen molar-refractivity contribution in [3.05, 3.63) is 57.8 Å². The fraction of sp³-hybridized carbons (Fsp3) is 0.381. The summed E-state index contributed by atoms with van der Waals surface area (Å²) in [5, 5.41) is 9.72. The van der Waals surface area contributed by atoms with Crippen LogP contribution in [-0.4, -0.2) is 20.3 Å². The van der Waals surface area contributed by atoms with Gasteiger partial charge >= 0.3 is 5.69 Å². The first-order chi connectivity index (χ1) is 13.2. The van der Waals surface area contributed by atoms with Crippen molar-refractivity contribution in [2.75, 3.05) is 5.32 Å². The molecule has 2 aliphatic rings. The summed E-state index contributed by atoms with van der Waals surface area (Å²) in [5.74, 6) is 0.583. The maximum Gasteiger partial charge on any atom is 0.346 e. The lowest BCUT2D eigenvalue weighted by atomic mass is 10.0. The van der Waals surface area contributed by atoms with Gasteiger partial charge in [-0.1, -0.05) is 30.7 Å². The molecule has 5 rings (SSSR count). The number of nitrogens with one attached hydrogen (secondary N) is 1. The highest BCUT2D eigenvalue weighted by atomic mass is 16.2. The summed E-state index contributed by atoms with van der Waals surface area (Å²) in [6.45, 7) is 0.645. The minimum atomic E-state index is -0.218. The molecule has 1 amide bonds. The molecule has 0 saturated carbocycles. The van der Waals surface area contributed by atoms with Gasteiger partial charge in [0.2, 0.25) is 5.91 Å². The normalized spacial score (nSPS) is 15.6. The number of carbonyl (C=O) groups excluding carboxylic acids is 1. The van der Waals surface area contributed by atoms with E-state index in [1.165, 1.54) is 21.2 Å². The van der Waals surface area contributed by atoms with Gasteiger partial charge in [0.15, 0.2) is 0 Å². The minimum absolute atomic E-state index is 0.0538. The van der Waals surface area contributed by atoms with Gasteiger partial charge in [0, 0.05) is 24.0 Å². The molecule has 0 saturated heterocycles. The topological polar surface area (TPSA) is 68.9 Å². The van der Waals surface area contributed by atoms with Crippen molar-refractivity contribution in [1.29, 1.82) is 0 Å². The third-order valence-electron chi connectivity index (χ3n) is 5.73. The van der Waals surface area contributed by atoms with Crippen LogP contribution >= 0.6 is 0 Å². The molecule has 138 valence electrons. The summed E-state index contributed by atoms with van der Waals surface area (Å²) in [6.07, 6.45) is 6.07. The Morgan fingerprint density at radius 1 is 1.04 bits per heavy atom. The van der Waals surface area contributed by atoms with E-state index in [1.807, 2.05) is 18.2 Å². The highest BCUT2D eigenvalue weighted by Crippen LogP contribution is 2.34. The van der Waals surface area contributed by atoms with Crippen LogP contribution in [0, 0.1) is 0 Å². The second-order valence-electron chi connectivity index (χ2n) is 7.48. The van der Waals surface area contributed by atoms with Crippen molar-refractivity contribution in [2.24, 2.45) is 0 Å². The summed E-state index contributed by atoms with van der Waals surface area (Å²) in [6, 6.07) is 10.3. The molecule has 27 heavy (non-hydrogen) atoms. The number of aryl methyl sites for hydroxylation is 3. The molecule has 3 aromatic rings. The first-order valence-corrected chi connectivity index (χ1v) is 9.70. The first-order valence-electron chi connectivity index (χ1n) is 9.70. The number of amides is 1. The van der Waals surface area contributed by atoms with Crippen molar-refractivity contribution in [3.63, 3.8) is 0 Å². The van der Waals surface area contributed by atoms with Gasteiger partial charge in [0.05, 0.1) is 0 Å². The molecule has 0 spiro atoms. The Labute approximate surface area is 156 Å². The maximum absolute atomic E-state index is 12.6. The van der Waals surface area contributed by atoms with Crippen LogP contribution in [0.3, 0.4) is 0 Å².